The van der Waals surface area contributed by atoms with Gasteiger partial charge in [0.05, 0.1) is 0 Å². The highest BCUT2D eigenvalue weighted by Crippen LogP contribution is 2.27. The van der Waals surface area contributed by atoms with Crippen LogP contribution in [0, 0.1) is 6.92 Å². The van der Waals surface area contributed by atoms with Gasteiger partial charge < -0.3 is 14.4 Å². The van der Waals surface area contributed by atoms with Gasteiger partial charge in [0.1, 0.15) is 16.9 Å². The van der Waals surface area contributed by atoms with Crippen LogP contribution in [0.25, 0.3) is 11.0 Å². The Morgan fingerprint density at radius 2 is 1.90 bits per heavy atom. The minimum absolute atomic E-state index is 0.0354. The van der Waals surface area contributed by atoms with E-state index in [1.165, 1.54) is 0 Å². The summed E-state index contributed by atoms with van der Waals surface area (Å²) in [5.74, 6) is -0.708. The van der Waals surface area contributed by atoms with Gasteiger partial charge in [0.15, 0.2) is 0 Å². The number of carbonyl (C=O) groups excluding carboxylic acids is 1. The zero-order valence-electron chi connectivity index (χ0n) is 11.9. The molecule has 1 aromatic carbocycles. The molecule has 1 aliphatic heterocycles. The summed E-state index contributed by atoms with van der Waals surface area (Å²) in [4.78, 5) is 25.6. The molecule has 2 aromatic rings. The minimum atomic E-state index is -1.03. The molecular weight excluding hydrogens is 270 g/mol. The van der Waals surface area contributed by atoms with Gasteiger partial charge in [-0.2, -0.15) is 0 Å². The van der Waals surface area contributed by atoms with Crippen molar-refractivity contribution in [2.24, 2.45) is 0 Å². The maximum absolute atomic E-state index is 12.5. The molecule has 110 valence electrons. The number of benzene rings is 1. The molecule has 0 spiro atoms. The molecule has 0 atom stereocenters. The first-order valence-electron chi connectivity index (χ1n) is 7.13. The Labute approximate surface area is 122 Å². The van der Waals surface area contributed by atoms with E-state index in [0.29, 0.717) is 22.3 Å². The third-order valence-electron chi connectivity index (χ3n) is 3.97. The quantitative estimate of drug-likeness (QED) is 0.921. The first-order valence-corrected chi connectivity index (χ1v) is 7.13. The summed E-state index contributed by atoms with van der Waals surface area (Å²) in [5.41, 5.74) is 1.16. The summed E-state index contributed by atoms with van der Waals surface area (Å²) in [6, 6.07) is 5.01. The number of fused-ring (bicyclic) bond motifs is 1. The summed E-state index contributed by atoms with van der Waals surface area (Å²) in [6.45, 7) is 3.16. The number of hydrogen-bond acceptors (Lipinski definition) is 3. The predicted octanol–water partition coefficient (Wildman–Crippen LogP) is 3.07. The summed E-state index contributed by atoms with van der Waals surface area (Å²) in [5, 5.41) is 9.76. The average molecular weight is 287 g/mol. The Kier molecular flexibility index (Phi) is 3.41. The molecule has 21 heavy (non-hydrogen) atoms. The van der Waals surface area contributed by atoms with Gasteiger partial charge in [-0.3, -0.25) is 4.79 Å². The van der Waals surface area contributed by atoms with Crippen LogP contribution < -0.4 is 0 Å². The number of piperidine rings is 1. The van der Waals surface area contributed by atoms with Crippen LogP contribution in [0.3, 0.4) is 0 Å². The smallest absolute Gasteiger partial charge is 0.339 e. The SMILES string of the molecule is Cc1oc2ccc(C(=O)N3CCCCC3)cc2c1C(=O)O. The molecule has 3 rings (SSSR count). The number of likely N-dealkylation sites (tertiary alicyclic amines) is 1. The van der Waals surface area contributed by atoms with Crippen LogP contribution >= 0.6 is 0 Å². The normalized spacial score (nSPS) is 15.4. The standard InChI is InChI=1S/C16H17NO4/c1-10-14(16(19)20)12-9-11(5-6-13(12)21-10)15(18)17-7-3-2-4-8-17/h5-6,9H,2-4,7-8H2,1H3,(H,19,20). The number of aromatic carboxylic acids is 1. The fraction of sp³-hybridized carbons (Fsp3) is 0.375. The summed E-state index contributed by atoms with van der Waals surface area (Å²) >= 11 is 0. The van der Waals surface area contributed by atoms with Gasteiger partial charge in [0.25, 0.3) is 5.91 Å². The van der Waals surface area contributed by atoms with E-state index in [0.717, 1.165) is 32.4 Å². The minimum Gasteiger partial charge on any atom is -0.478 e. The Morgan fingerprint density at radius 3 is 2.57 bits per heavy atom. The summed E-state index contributed by atoms with van der Waals surface area (Å²) < 4.78 is 5.43. The van der Waals surface area contributed by atoms with Gasteiger partial charge >= 0.3 is 5.97 Å². The van der Waals surface area contributed by atoms with Crippen molar-refractivity contribution in [1.29, 1.82) is 0 Å². The van der Waals surface area contributed by atoms with Gasteiger partial charge in [-0.05, 0) is 44.4 Å². The van der Waals surface area contributed by atoms with E-state index < -0.39 is 5.97 Å². The number of carboxylic acid groups (broad SMARTS) is 1. The number of amides is 1. The lowest BCUT2D eigenvalue weighted by Gasteiger charge is -2.26. The van der Waals surface area contributed by atoms with E-state index in [1.807, 2.05) is 4.90 Å². The predicted molar refractivity (Wildman–Crippen MR) is 77.7 cm³/mol. The zero-order chi connectivity index (χ0) is 15.0. The molecule has 0 bridgehead atoms. The lowest BCUT2D eigenvalue weighted by molar-refractivity contribution is 0.0693. The van der Waals surface area contributed by atoms with E-state index >= 15 is 0 Å². The molecule has 1 fully saturated rings. The van der Waals surface area contributed by atoms with Crippen molar-refractivity contribution in [3.63, 3.8) is 0 Å². The van der Waals surface area contributed by atoms with Crippen molar-refractivity contribution in [3.8, 4) is 0 Å². The number of aryl methyl sites for hydroxylation is 1. The van der Waals surface area contributed by atoms with Crippen LogP contribution in [-0.4, -0.2) is 35.0 Å². The van der Waals surface area contributed by atoms with E-state index in [9.17, 15) is 14.7 Å². The van der Waals surface area contributed by atoms with Crippen LogP contribution in [0.1, 0.15) is 45.7 Å². The lowest BCUT2D eigenvalue weighted by atomic mass is 10.1. The Hall–Kier alpha value is -2.30. The second kappa shape index (κ2) is 5.24. The number of furan rings is 1. The van der Waals surface area contributed by atoms with Crippen LogP contribution in [0.15, 0.2) is 22.6 Å². The molecule has 1 aliphatic rings. The number of carbonyl (C=O) groups is 2. The molecule has 1 saturated heterocycles. The Balaban J connectivity index is 2.01. The second-order valence-electron chi connectivity index (χ2n) is 5.40. The zero-order valence-corrected chi connectivity index (χ0v) is 11.9. The monoisotopic (exact) mass is 287 g/mol. The van der Waals surface area contributed by atoms with Crippen molar-refractivity contribution < 1.29 is 19.1 Å². The fourth-order valence-corrected chi connectivity index (χ4v) is 2.90. The molecule has 0 aliphatic carbocycles. The molecule has 5 nitrogen and oxygen atoms in total. The van der Waals surface area contributed by atoms with E-state index in [2.05, 4.69) is 0 Å². The molecule has 1 amide bonds. The van der Waals surface area contributed by atoms with Gasteiger partial charge in [0, 0.05) is 24.0 Å². The van der Waals surface area contributed by atoms with Crippen molar-refractivity contribution in [3.05, 3.63) is 35.1 Å². The molecule has 0 saturated carbocycles. The fourth-order valence-electron chi connectivity index (χ4n) is 2.90. The first-order chi connectivity index (χ1) is 10.1. The highest BCUT2D eigenvalue weighted by atomic mass is 16.4. The van der Waals surface area contributed by atoms with Crippen molar-refractivity contribution >= 4 is 22.8 Å². The van der Waals surface area contributed by atoms with Gasteiger partial charge in [0.2, 0.25) is 0 Å². The van der Waals surface area contributed by atoms with Crippen molar-refractivity contribution in [2.75, 3.05) is 13.1 Å². The first kappa shape index (κ1) is 13.7. The molecule has 0 unspecified atom stereocenters. The molecule has 1 N–H and O–H groups in total. The van der Waals surface area contributed by atoms with Crippen LogP contribution in [0.4, 0.5) is 0 Å². The van der Waals surface area contributed by atoms with Crippen molar-refractivity contribution in [2.45, 2.75) is 26.2 Å². The highest BCUT2D eigenvalue weighted by Gasteiger charge is 2.22. The molecular formula is C16H17NO4. The number of hydrogen-bond donors (Lipinski definition) is 1. The molecule has 0 radical (unpaired) electrons. The van der Waals surface area contributed by atoms with Crippen LogP contribution in [-0.2, 0) is 0 Å². The van der Waals surface area contributed by atoms with Gasteiger partial charge in [-0.1, -0.05) is 0 Å². The molecule has 2 heterocycles. The molecule has 5 heteroatoms. The van der Waals surface area contributed by atoms with E-state index in [-0.39, 0.29) is 11.5 Å². The van der Waals surface area contributed by atoms with Crippen LogP contribution in [0.2, 0.25) is 0 Å². The largest absolute Gasteiger partial charge is 0.478 e. The maximum atomic E-state index is 12.5. The Morgan fingerprint density at radius 1 is 1.19 bits per heavy atom. The lowest BCUT2D eigenvalue weighted by Crippen LogP contribution is -2.35. The third kappa shape index (κ3) is 2.39. The van der Waals surface area contributed by atoms with E-state index in [4.69, 9.17) is 4.42 Å². The third-order valence-corrected chi connectivity index (χ3v) is 3.97. The van der Waals surface area contributed by atoms with Gasteiger partial charge in [-0.15, -0.1) is 0 Å². The molecule has 1 aromatic heterocycles. The Bertz CT molecular complexity index is 710. The number of nitrogens with zero attached hydrogens (tertiary/aromatic N) is 1. The average Bonchev–Trinajstić information content (AvgIpc) is 2.82. The number of carboxylic acids is 1. The van der Waals surface area contributed by atoms with E-state index in [1.54, 1.807) is 25.1 Å². The summed E-state index contributed by atoms with van der Waals surface area (Å²) in [6.07, 6.45) is 3.21. The maximum Gasteiger partial charge on any atom is 0.339 e. The topological polar surface area (TPSA) is 70.8 Å². The van der Waals surface area contributed by atoms with Crippen LogP contribution in [0.5, 0.6) is 0 Å². The van der Waals surface area contributed by atoms with Gasteiger partial charge in [-0.25, -0.2) is 4.79 Å². The second-order valence-corrected chi connectivity index (χ2v) is 5.40. The highest BCUT2D eigenvalue weighted by molar-refractivity contribution is 6.06. The summed E-state index contributed by atoms with van der Waals surface area (Å²) in [7, 11) is 0. The van der Waals surface area contributed by atoms with Crippen molar-refractivity contribution in [1.82, 2.24) is 4.90 Å². The number of rotatable bonds is 2.